The number of rotatable bonds is 6. The van der Waals surface area contributed by atoms with E-state index in [1.165, 1.54) is 0 Å². The molecule has 0 spiro atoms. The lowest BCUT2D eigenvalue weighted by Crippen LogP contribution is -2.34. The van der Waals surface area contributed by atoms with Crippen LogP contribution in [-0.2, 0) is 7.05 Å². The number of halogens is 1. The van der Waals surface area contributed by atoms with E-state index in [0.29, 0.717) is 17.4 Å². The van der Waals surface area contributed by atoms with E-state index in [2.05, 4.69) is 10.5 Å². The summed E-state index contributed by atoms with van der Waals surface area (Å²) in [6, 6.07) is 6.90. The molecule has 0 fully saturated rings. The van der Waals surface area contributed by atoms with Gasteiger partial charge in [-0.1, -0.05) is 11.6 Å². The van der Waals surface area contributed by atoms with E-state index in [1.54, 1.807) is 42.3 Å². The van der Waals surface area contributed by atoms with Gasteiger partial charge in [0.15, 0.2) is 5.75 Å². The SMILES string of the molecule is COc1cnn(C)c1C(COc1ccc(Cl)cc1)NN. The van der Waals surface area contributed by atoms with E-state index in [4.69, 9.17) is 26.9 Å². The van der Waals surface area contributed by atoms with Crippen LogP contribution in [0.25, 0.3) is 0 Å². The Bertz CT molecular complexity index is 556. The second-order valence-electron chi connectivity index (χ2n) is 4.21. The number of hydrogen-bond acceptors (Lipinski definition) is 5. The summed E-state index contributed by atoms with van der Waals surface area (Å²) in [5, 5.41) is 4.81. The maximum Gasteiger partial charge on any atom is 0.161 e. The quantitative estimate of drug-likeness (QED) is 0.626. The Labute approximate surface area is 122 Å². The smallest absolute Gasteiger partial charge is 0.161 e. The van der Waals surface area contributed by atoms with E-state index in [1.807, 2.05) is 7.05 Å². The summed E-state index contributed by atoms with van der Waals surface area (Å²) in [7, 11) is 3.42. The molecule has 6 nitrogen and oxygen atoms in total. The van der Waals surface area contributed by atoms with Crippen molar-refractivity contribution in [3.63, 3.8) is 0 Å². The van der Waals surface area contributed by atoms with Gasteiger partial charge in [-0.05, 0) is 24.3 Å². The van der Waals surface area contributed by atoms with Crippen LogP contribution in [0.1, 0.15) is 11.7 Å². The molecular formula is C13H17ClN4O2. The number of methoxy groups -OCH3 is 1. The Morgan fingerprint density at radius 1 is 1.40 bits per heavy atom. The molecule has 1 heterocycles. The second kappa shape index (κ2) is 6.60. The van der Waals surface area contributed by atoms with Crippen LogP contribution >= 0.6 is 11.6 Å². The van der Waals surface area contributed by atoms with Crippen LogP contribution in [-0.4, -0.2) is 23.5 Å². The first-order valence-electron chi connectivity index (χ1n) is 6.06. The predicted molar refractivity (Wildman–Crippen MR) is 76.8 cm³/mol. The zero-order chi connectivity index (χ0) is 14.5. The number of aryl methyl sites for hydroxylation is 1. The minimum absolute atomic E-state index is 0.242. The molecule has 0 bridgehead atoms. The van der Waals surface area contributed by atoms with Gasteiger partial charge in [0.1, 0.15) is 24.1 Å². The highest BCUT2D eigenvalue weighted by Crippen LogP contribution is 2.25. The summed E-state index contributed by atoms with van der Waals surface area (Å²) in [5.74, 6) is 6.98. The predicted octanol–water partition coefficient (Wildman–Crippen LogP) is 1.67. The molecule has 2 aromatic rings. The summed E-state index contributed by atoms with van der Waals surface area (Å²) < 4.78 is 12.7. The first-order chi connectivity index (χ1) is 9.65. The molecule has 0 radical (unpaired) electrons. The Kier molecular flexibility index (Phi) is 4.84. The van der Waals surface area contributed by atoms with Crippen molar-refractivity contribution >= 4 is 11.6 Å². The fourth-order valence-corrected chi connectivity index (χ4v) is 2.02. The Morgan fingerprint density at radius 2 is 2.10 bits per heavy atom. The number of hydrazine groups is 1. The molecule has 0 saturated carbocycles. The van der Waals surface area contributed by atoms with Crippen LogP contribution < -0.4 is 20.7 Å². The fourth-order valence-electron chi connectivity index (χ4n) is 1.90. The molecule has 0 aliphatic heterocycles. The Hall–Kier alpha value is -1.76. The zero-order valence-corrected chi connectivity index (χ0v) is 12.1. The number of benzene rings is 1. The number of ether oxygens (including phenoxy) is 2. The first-order valence-corrected chi connectivity index (χ1v) is 6.44. The molecule has 1 unspecified atom stereocenters. The van der Waals surface area contributed by atoms with E-state index in [0.717, 1.165) is 11.4 Å². The number of hydrogen-bond donors (Lipinski definition) is 2. The van der Waals surface area contributed by atoms with Crippen molar-refractivity contribution in [2.45, 2.75) is 6.04 Å². The number of nitrogens with one attached hydrogen (secondary N) is 1. The molecule has 108 valence electrons. The molecule has 0 saturated heterocycles. The Morgan fingerprint density at radius 3 is 2.70 bits per heavy atom. The standard InChI is InChI=1S/C13H17ClN4O2/c1-18-13(12(19-2)7-16-18)11(17-15)8-20-10-5-3-9(14)4-6-10/h3-7,11,17H,8,15H2,1-2H3. The fraction of sp³-hybridized carbons (Fsp3) is 0.308. The summed E-state index contributed by atoms with van der Waals surface area (Å²) in [6.07, 6.45) is 1.64. The molecule has 2 rings (SSSR count). The van der Waals surface area contributed by atoms with Crippen LogP contribution in [0, 0.1) is 0 Å². The maximum absolute atomic E-state index is 5.83. The van der Waals surface area contributed by atoms with Gasteiger partial charge in [0.05, 0.1) is 13.3 Å². The van der Waals surface area contributed by atoms with Crippen molar-refractivity contribution in [3.05, 3.63) is 41.2 Å². The molecule has 7 heteroatoms. The van der Waals surface area contributed by atoms with Crippen molar-refractivity contribution in [1.82, 2.24) is 15.2 Å². The van der Waals surface area contributed by atoms with Gasteiger partial charge in [-0.3, -0.25) is 10.5 Å². The molecule has 0 aliphatic carbocycles. The van der Waals surface area contributed by atoms with Crippen molar-refractivity contribution in [3.8, 4) is 11.5 Å². The van der Waals surface area contributed by atoms with Crippen LogP contribution in [0.15, 0.2) is 30.5 Å². The van der Waals surface area contributed by atoms with Crippen LogP contribution in [0.5, 0.6) is 11.5 Å². The highest BCUT2D eigenvalue weighted by atomic mass is 35.5. The third kappa shape index (κ3) is 3.22. The van der Waals surface area contributed by atoms with Gasteiger partial charge in [-0.25, -0.2) is 5.43 Å². The monoisotopic (exact) mass is 296 g/mol. The normalized spacial score (nSPS) is 12.2. The maximum atomic E-state index is 5.83. The van der Waals surface area contributed by atoms with E-state index in [9.17, 15) is 0 Å². The second-order valence-corrected chi connectivity index (χ2v) is 4.64. The van der Waals surface area contributed by atoms with Gasteiger partial charge >= 0.3 is 0 Å². The lowest BCUT2D eigenvalue weighted by molar-refractivity contribution is 0.257. The lowest BCUT2D eigenvalue weighted by atomic mass is 10.2. The van der Waals surface area contributed by atoms with E-state index < -0.39 is 0 Å². The number of nitrogens with zero attached hydrogens (tertiary/aromatic N) is 2. The molecule has 1 aromatic carbocycles. The largest absolute Gasteiger partial charge is 0.493 e. The van der Waals surface area contributed by atoms with Crippen LogP contribution in [0.3, 0.4) is 0 Å². The number of nitrogens with two attached hydrogens (primary N) is 1. The highest BCUT2D eigenvalue weighted by Gasteiger charge is 2.20. The van der Waals surface area contributed by atoms with Crippen molar-refractivity contribution in [2.75, 3.05) is 13.7 Å². The zero-order valence-electron chi connectivity index (χ0n) is 11.3. The van der Waals surface area contributed by atoms with Crippen molar-refractivity contribution in [1.29, 1.82) is 0 Å². The molecule has 3 N–H and O–H groups in total. The average Bonchev–Trinajstić information content (AvgIpc) is 2.83. The highest BCUT2D eigenvalue weighted by molar-refractivity contribution is 6.30. The summed E-state index contributed by atoms with van der Waals surface area (Å²) in [6.45, 7) is 0.341. The summed E-state index contributed by atoms with van der Waals surface area (Å²) in [5.41, 5.74) is 3.53. The third-order valence-corrected chi connectivity index (χ3v) is 3.18. The first kappa shape index (κ1) is 14.6. The van der Waals surface area contributed by atoms with Crippen molar-refractivity contribution in [2.24, 2.45) is 12.9 Å². The van der Waals surface area contributed by atoms with E-state index >= 15 is 0 Å². The summed E-state index contributed by atoms with van der Waals surface area (Å²) in [4.78, 5) is 0. The van der Waals surface area contributed by atoms with Crippen LogP contribution in [0.2, 0.25) is 5.02 Å². The van der Waals surface area contributed by atoms with Crippen molar-refractivity contribution < 1.29 is 9.47 Å². The third-order valence-electron chi connectivity index (χ3n) is 2.93. The Balaban J connectivity index is 2.09. The van der Waals surface area contributed by atoms with Gasteiger partial charge < -0.3 is 9.47 Å². The molecule has 1 aromatic heterocycles. The minimum Gasteiger partial charge on any atom is -0.493 e. The van der Waals surface area contributed by atoms with Gasteiger partial charge in [-0.15, -0.1) is 0 Å². The molecule has 1 atom stereocenters. The number of aromatic nitrogens is 2. The van der Waals surface area contributed by atoms with Crippen LogP contribution in [0.4, 0.5) is 0 Å². The van der Waals surface area contributed by atoms with E-state index in [-0.39, 0.29) is 6.04 Å². The van der Waals surface area contributed by atoms with Gasteiger partial charge in [0, 0.05) is 12.1 Å². The van der Waals surface area contributed by atoms with Gasteiger partial charge in [0.25, 0.3) is 0 Å². The van der Waals surface area contributed by atoms with Gasteiger partial charge in [0.2, 0.25) is 0 Å². The minimum atomic E-state index is -0.242. The van der Waals surface area contributed by atoms with Gasteiger partial charge in [-0.2, -0.15) is 5.10 Å². The molecular weight excluding hydrogens is 280 g/mol. The summed E-state index contributed by atoms with van der Waals surface area (Å²) >= 11 is 5.83. The average molecular weight is 297 g/mol. The molecule has 0 amide bonds. The lowest BCUT2D eigenvalue weighted by Gasteiger charge is -2.18. The molecule has 20 heavy (non-hydrogen) atoms. The topological polar surface area (TPSA) is 74.3 Å². The molecule has 0 aliphatic rings.